The van der Waals surface area contributed by atoms with Crippen LogP contribution in [0.4, 0.5) is 18.0 Å². The Kier molecular flexibility index (Phi) is 5.66. The third-order valence-corrected chi connectivity index (χ3v) is 4.20. The van der Waals surface area contributed by atoms with Crippen molar-refractivity contribution in [1.82, 2.24) is 10.2 Å². The largest absolute Gasteiger partial charge is 0.481 e. The molecule has 0 aliphatic carbocycles. The molecule has 0 bridgehead atoms. The zero-order valence-corrected chi connectivity index (χ0v) is 12.7. The fourth-order valence-corrected chi connectivity index (χ4v) is 2.27. The van der Waals surface area contributed by atoms with Crippen LogP contribution < -0.4 is 5.32 Å². The first-order valence-electron chi connectivity index (χ1n) is 6.91. The van der Waals surface area contributed by atoms with Crippen LogP contribution in [0.15, 0.2) is 0 Å². The number of halogens is 3. The maximum atomic E-state index is 12.9. The summed E-state index contributed by atoms with van der Waals surface area (Å²) in [5.41, 5.74) is -0.620. The lowest BCUT2D eigenvalue weighted by atomic mass is 9.96. The summed E-state index contributed by atoms with van der Waals surface area (Å²) in [6.07, 6.45) is -4.05. The van der Waals surface area contributed by atoms with Gasteiger partial charge in [0.1, 0.15) is 0 Å². The molecule has 3 atom stereocenters. The van der Waals surface area contributed by atoms with Gasteiger partial charge in [-0.25, -0.2) is 4.79 Å². The number of urea groups is 1. The molecule has 1 unspecified atom stereocenters. The van der Waals surface area contributed by atoms with Gasteiger partial charge in [-0.15, -0.1) is 0 Å². The lowest BCUT2D eigenvalue weighted by Crippen LogP contribution is -2.47. The van der Waals surface area contributed by atoms with Gasteiger partial charge in [0.2, 0.25) is 0 Å². The number of carbonyl (C=O) groups excluding carboxylic acids is 1. The number of amides is 2. The van der Waals surface area contributed by atoms with E-state index < -0.39 is 48.7 Å². The predicted molar refractivity (Wildman–Crippen MR) is 71.3 cm³/mol. The Bertz CT molecular complexity index is 424. The number of rotatable bonds is 5. The minimum atomic E-state index is -4.65. The van der Waals surface area contributed by atoms with Gasteiger partial charge in [0.25, 0.3) is 0 Å². The molecule has 0 aromatic heterocycles. The van der Waals surface area contributed by atoms with Gasteiger partial charge in [0.15, 0.2) is 0 Å². The van der Waals surface area contributed by atoms with Gasteiger partial charge in [-0.2, -0.15) is 13.2 Å². The van der Waals surface area contributed by atoms with Gasteiger partial charge in [-0.05, 0) is 13.3 Å². The number of aliphatic carboxylic acids is 1. The van der Waals surface area contributed by atoms with Gasteiger partial charge in [0.05, 0.1) is 17.4 Å². The molecule has 0 aromatic carbocycles. The SMILES string of the molecule is CCC(C)(CNC(=O)N1C[C@@H](C(F)(F)F)[C@H](C(=O)O)C1)OC. The number of ether oxygens (including phenoxy) is 1. The van der Waals surface area contributed by atoms with Gasteiger partial charge in [-0.3, -0.25) is 4.79 Å². The van der Waals surface area contributed by atoms with E-state index in [4.69, 9.17) is 9.84 Å². The topological polar surface area (TPSA) is 78.9 Å². The van der Waals surface area contributed by atoms with Crippen LogP contribution in [-0.4, -0.2) is 60.5 Å². The van der Waals surface area contributed by atoms with Crippen LogP contribution in [0.3, 0.4) is 0 Å². The summed E-state index contributed by atoms with van der Waals surface area (Å²) in [5, 5.41) is 11.4. The molecule has 0 radical (unpaired) electrons. The zero-order valence-electron chi connectivity index (χ0n) is 12.7. The smallest absolute Gasteiger partial charge is 0.394 e. The Balaban J connectivity index is 2.70. The fraction of sp³-hybridized carbons (Fsp3) is 0.846. The van der Waals surface area contributed by atoms with E-state index in [1.807, 2.05) is 6.92 Å². The highest BCUT2D eigenvalue weighted by molar-refractivity contribution is 5.77. The van der Waals surface area contributed by atoms with Crippen LogP contribution in [0.5, 0.6) is 0 Å². The molecule has 1 rings (SSSR count). The van der Waals surface area contributed by atoms with E-state index in [0.717, 1.165) is 4.90 Å². The number of likely N-dealkylation sites (tertiary alicyclic amines) is 1. The molecule has 1 heterocycles. The second-order valence-electron chi connectivity index (χ2n) is 5.66. The molecule has 128 valence electrons. The Morgan fingerprint density at radius 2 is 1.95 bits per heavy atom. The highest BCUT2D eigenvalue weighted by Gasteiger charge is 2.53. The minimum Gasteiger partial charge on any atom is -0.481 e. The summed E-state index contributed by atoms with van der Waals surface area (Å²) in [4.78, 5) is 23.8. The Labute approximate surface area is 126 Å². The molecule has 0 saturated carbocycles. The quantitative estimate of drug-likeness (QED) is 0.806. The first kappa shape index (κ1) is 18.5. The number of carboxylic acid groups (broad SMARTS) is 1. The van der Waals surface area contributed by atoms with E-state index in [1.165, 1.54) is 7.11 Å². The van der Waals surface area contributed by atoms with Crippen molar-refractivity contribution in [3.63, 3.8) is 0 Å². The minimum absolute atomic E-state index is 0.129. The number of hydrogen-bond donors (Lipinski definition) is 2. The molecule has 9 heteroatoms. The van der Waals surface area contributed by atoms with E-state index in [0.29, 0.717) is 6.42 Å². The zero-order chi connectivity index (χ0) is 17.1. The number of nitrogens with zero attached hydrogens (tertiary/aromatic N) is 1. The van der Waals surface area contributed by atoms with E-state index in [-0.39, 0.29) is 6.54 Å². The van der Waals surface area contributed by atoms with Gasteiger partial charge in [0, 0.05) is 26.7 Å². The van der Waals surface area contributed by atoms with Gasteiger partial charge in [-0.1, -0.05) is 6.92 Å². The molecule has 22 heavy (non-hydrogen) atoms. The van der Waals surface area contributed by atoms with Crippen LogP contribution >= 0.6 is 0 Å². The fourth-order valence-electron chi connectivity index (χ4n) is 2.27. The maximum Gasteiger partial charge on any atom is 0.394 e. The van der Waals surface area contributed by atoms with E-state index >= 15 is 0 Å². The van der Waals surface area contributed by atoms with Crippen molar-refractivity contribution in [2.45, 2.75) is 32.0 Å². The predicted octanol–water partition coefficient (Wildman–Crippen LogP) is 1.71. The molecule has 1 fully saturated rings. The van der Waals surface area contributed by atoms with Crippen molar-refractivity contribution in [3.8, 4) is 0 Å². The highest BCUT2D eigenvalue weighted by Crippen LogP contribution is 2.37. The van der Waals surface area contributed by atoms with Crippen LogP contribution in [0.2, 0.25) is 0 Å². The molecule has 1 aliphatic rings. The number of alkyl halides is 3. The lowest BCUT2D eigenvalue weighted by molar-refractivity contribution is -0.187. The summed E-state index contributed by atoms with van der Waals surface area (Å²) >= 11 is 0. The van der Waals surface area contributed by atoms with Crippen molar-refractivity contribution in [1.29, 1.82) is 0 Å². The first-order chi connectivity index (χ1) is 10.0. The number of nitrogens with one attached hydrogen (secondary N) is 1. The molecule has 2 N–H and O–H groups in total. The van der Waals surface area contributed by atoms with Crippen LogP contribution in [0.1, 0.15) is 20.3 Å². The van der Waals surface area contributed by atoms with Crippen molar-refractivity contribution < 1.29 is 32.6 Å². The normalized spacial score (nSPS) is 24.9. The molecule has 1 saturated heterocycles. The number of carbonyl (C=O) groups is 2. The molecule has 2 amide bonds. The Morgan fingerprint density at radius 3 is 2.32 bits per heavy atom. The number of carboxylic acids is 1. The number of methoxy groups -OCH3 is 1. The standard InChI is InChI=1S/C13H21F3N2O4/c1-4-12(2,22-3)7-17-11(21)18-5-8(10(19)20)9(6-18)13(14,15)16/h8-9H,4-7H2,1-3H3,(H,17,21)(H,19,20)/t8-,9-,12?/m1/s1. The van der Waals surface area contributed by atoms with Crippen molar-refractivity contribution in [2.75, 3.05) is 26.7 Å². The molecular weight excluding hydrogens is 305 g/mol. The summed E-state index contributed by atoms with van der Waals surface area (Å²) in [6, 6.07) is -0.713. The third kappa shape index (κ3) is 4.25. The second-order valence-corrected chi connectivity index (χ2v) is 5.66. The van der Waals surface area contributed by atoms with E-state index in [1.54, 1.807) is 6.92 Å². The van der Waals surface area contributed by atoms with Crippen molar-refractivity contribution >= 4 is 12.0 Å². The molecular formula is C13H21F3N2O4. The van der Waals surface area contributed by atoms with Crippen molar-refractivity contribution in [3.05, 3.63) is 0 Å². The van der Waals surface area contributed by atoms with E-state index in [2.05, 4.69) is 5.32 Å². The maximum absolute atomic E-state index is 12.9. The first-order valence-corrected chi connectivity index (χ1v) is 6.91. The summed E-state index contributed by atoms with van der Waals surface area (Å²) < 4.78 is 43.8. The Morgan fingerprint density at radius 1 is 1.36 bits per heavy atom. The average Bonchev–Trinajstić information content (AvgIpc) is 2.90. The summed E-state index contributed by atoms with van der Waals surface area (Å²) in [5.74, 6) is -5.23. The van der Waals surface area contributed by atoms with Crippen LogP contribution in [0, 0.1) is 11.8 Å². The van der Waals surface area contributed by atoms with Gasteiger partial charge >= 0.3 is 18.2 Å². The second kappa shape index (κ2) is 6.72. The molecule has 0 spiro atoms. The average molecular weight is 326 g/mol. The van der Waals surface area contributed by atoms with Crippen LogP contribution in [0.25, 0.3) is 0 Å². The summed E-state index contributed by atoms with van der Waals surface area (Å²) in [7, 11) is 1.48. The number of hydrogen-bond acceptors (Lipinski definition) is 3. The Hall–Kier alpha value is -1.51. The highest BCUT2D eigenvalue weighted by atomic mass is 19.4. The molecule has 0 aromatic rings. The third-order valence-electron chi connectivity index (χ3n) is 4.20. The molecule has 1 aliphatic heterocycles. The van der Waals surface area contributed by atoms with Crippen molar-refractivity contribution in [2.24, 2.45) is 11.8 Å². The van der Waals surface area contributed by atoms with E-state index in [9.17, 15) is 22.8 Å². The van der Waals surface area contributed by atoms with Crippen LogP contribution in [-0.2, 0) is 9.53 Å². The van der Waals surface area contributed by atoms with Gasteiger partial charge < -0.3 is 20.1 Å². The summed E-state index contributed by atoms with van der Waals surface area (Å²) in [6.45, 7) is 2.63. The lowest BCUT2D eigenvalue weighted by Gasteiger charge is -2.28. The molecule has 6 nitrogen and oxygen atoms in total. The monoisotopic (exact) mass is 326 g/mol.